The third kappa shape index (κ3) is 2.18. The molecule has 0 saturated carbocycles. The van der Waals surface area contributed by atoms with Gasteiger partial charge in [-0.2, -0.15) is 0 Å². The number of anilines is 1. The SMILES string of the molecule is CC(=O)Nc1cn2c(-c3ccc(O)cc3)cnc2cn1. The Kier molecular flexibility index (Phi) is 2.83. The number of phenols is 1. The predicted molar refractivity (Wildman–Crippen MR) is 74.4 cm³/mol. The van der Waals surface area contributed by atoms with Crippen molar-refractivity contribution in [3.8, 4) is 17.0 Å². The fraction of sp³-hybridized carbons (Fsp3) is 0.0714. The molecule has 0 fully saturated rings. The van der Waals surface area contributed by atoms with Gasteiger partial charge >= 0.3 is 0 Å². The number of aromatic hydroxyl groups is 1. The number of hydrogen-bond donors (Lipinski definition) is 2. The molecule has 0 aliphatic heterocycles. The number of nitrogens with zero attached hydrogens (tertiary/aromatic N) is 3. The lowest BCUT2D eigenvalue weighted by Crippen LogP contribution is -2.08. The van der Waals surface area contributed by atoms with E-state index in [1.165, 1.54) is 6.92 Å². The lowest BCUT2D eigenvalue weighted by atomic mass is 10.1. The van der Waals surface area contributed by atoms with Crippen LogP contribution in [0.5, 0.6) is 5.75 Å². The Bertz CT molecular complexity index is 777. The van der Waals surface area contributed by atoms with Crippen LogP contribution in [0.3, 0.4) is 0 Å². The minimum atomic E-state index is -0.178. The molecule has 1 aromatic carbocycles. The number of rotatable bonds is 2. The van der Waals surface area contributed by atoms with E-state index in [9.17, 15) is 9.90 Å². The van der Waals surface area contributed by atoms with Gasteiger partial charge in [0.25, 0.3) is 0 Å². The number of carbonyl (C=O) groups excluding carboxylic acids is 1. The van der Waals surface area contributed by atoms with Gasteiger partial charge in [0.1, 0.15) is 11.6 Å². The molecule has 2 heterocycles. The van der Waals surface area contributed by atoms with E-state index in [2.05, 4.69) is 15.3 Å². The quantitative estimate of drug-likeness (QED) is 0.745. The third-order valence-corrected chi connectivity index (χ3v) is 2.86. The van der Waals surface area contributed by atoms with Gasteiger partial charge in [0.15, 0.2) is 5.65 Å². The van der Waals surface area contributed by atoms with Gasteiger partial charge in [0.2, 0.25) is 5.91 Å². The fourth-order valence-corrected chi connectivity index (χ4v) is 1.98. The number of carbonyl (C=O) groups is 1. The molecule has 2 N–H and O–H groups in total. The molecule has 1 amide bonds. The normalized spacial score (nSPS) is 10.7. The predicted octanol–water partition coefficient (Wildman–Crippen LogP) is 2.06. The van der Waals surface area contributed by atoms with E-state index >= 15 is 0 Å². The van der Waals surface area contributed by atoms with Crippen molar-refractivity contribution in [2.75, 3.05) is 5.32 Å². The first-order chi connectivity index (χ1) is 9.63. The zero-order valence-electron chi connectivity index (χ0n) is 10.7. The summed E-state index contributed by atoms with van der Waals surface area (Å²) in [7, 11) is 0. The molecule has 0 saturated heterocycles. The molecular formula is C14H12N4O2. The number of amides is 1. The molecule has 0 aliphatic rings. The summed E-state index contributed by atoms with van der Waals surface area (Å²) < 4.78 is 1.84. The standard InChI is InChI=1S/C14H12N4O2/c1-9(19)17-13-8-18-12(6-16-14(18)7-15-13)10-2-4-11(20)5-3-10/h2-8,20H,1H3,(H,17,19). The number of benzene rings is 1. The maximum Gasteiger partial charge on any atom is 0.222 e. The van der Waals surface area contributed by atoms with Gasteiger partial charge in [0.05, 0.1) is 24.3 Å². The Morgan fingerprint density at radius 2 is 1.95 bits per heavy atom. The lowest BCUT2D eigenvalue weighted by molar-refractivity contribution is -0.114. The summed E-state index contributed by atoms with van der Waals surface area (Å²) in [5.41, 5.74) is 2.45. The van der Waals surface area contributed by atoms with E-state index in [4.69, 9.17) is 0 Å². The summed E-state index contributed by atoms with van der Waals surface area (Å²) in [5, 5.41) is 12.0. The highest BCUT2D eigenvalue weighted by Gasteiger charge is 2.08. The van der Waals surface area contributed by atoms with Gasteiger partial charge < -0.3 is 10.4 Å². The highest BCUT2D eigenvalue weighted by atomic mass is 16.3. The zero-order valence-corrected chi connectivity index (χ0v) is 10.7. The van der Waals surface area contributed by atoms with E-state index in [-0.39, 0.29) is 11.7 Å². The number of imidazole rings is 1. The van der Waals surface area contributed by atoms with Crippen LogP contribution in [0.25, 0.3) is 16.9 Å². The van der Waals surface area contributed by atoms with Gasteiger partial charge in [-0.25, -0.2) is 9.97 Å². The highest BCUT2D eigenvalue weighted by Crippen LogP contribution is 2.23. The average Bonchev–Trinajstić information content (AvgIpc) is 2.82. The van der Waals surface area contributed by atoms with Crippen molar-refractivity contribution in [3.05, 3.63) is 42.9 Å². The molecule has 0 aliphatic carbocycles. The summed E-state index contributed by atoms with van der Waals surface area (Å²) in [6, 6.07) is 6.84. The van der Waals surface area contributed by atoms with Gasteiger partial charge in [-0.15, -0.1) is 0 Å². The van der Waals surface area contributed by atoms with Crippen LogP contribution < -0.4 is 5.32 Å². The molecular weight excluding hydrogens is 256 g/mol. The Morgan fingerprint density at radius 3 is 2.65 bits per heavy atom. The molecule has 20 heavy (non-hydrogen) atoms. The van der Waals surface area contributed by atoms with Crippen molar-refractivity contribution >= 4 is 17.4 Å². The molecule has 0 spiro atoms. The second-order valence-corrected chi connectivity index (χ2v) is 4.37. The smallest absolute Gasteiger partial charge is 0.222 e. The van der Waals surface area contributed by atoms with Crippen LogP contribution in [0.15, 0.2) is 42.9 Å². The number of nitrogens with one attached hydrogen (secondary N) is 1. The number of hydrogen-bond acceptors (Lipinski definition) is 4. The van der Waals surface area contributed by atoms with Crippen molar-refractivity contribution in [1.29, 1.82) is 0 Å². The minimum absolute atomic E-state index is 0.178. The number of phenolic OH excluding ortho intramolecular Hbond substituents is 1. The Hall–Kier alpha value is -2.89. The molecule has 6 nitrogen and oxygen atoms in total. The van der Waals surface area contributed by atoms with Crippen molar-refractivity contribution in [2.24, 2.45) is 0 Å². The van der Waals surface area contributed by atoms with E-state index in [1.807, 2.05) is 4.40 Å². The second-order valence-electron chi connectivity index (χ2n) is 4.37. The largest absolute Gasteiger partial charge is 0.508 e. The van der Waals surface area contributed by atoms with Crippen molar-refractivity contribution in [1.82, 2.24) is 14.4 Å². The fourth-order valence-electron chi connectivity index (χ4n) is 1.98. The van der Waals surface area contributed by atoms with Gasteiger partial charge in [-0.1, -0.05) is 0 Å². The monoisotopic (exact) mass is 268 g/mol. The topological polar surface area (TPSA) is 79.5 Å². The van der Waals surface area contributed by atoms with Crippen LogP contribution in [-0.4, -0.2) is 25.4 Å². The van der Waals surface area contributed by atoms with Crippen LogP contribution in [0, 0.1) is 0 Å². The van der Waals surface area contributed by atoms with E-state index in [1.54, 1.807) is 42.9 Å². The maximum absolute atomic E-state index is 11.1. The van der Waals surface area contributed by atoms with Crippen molar-refractivity contribution in [2.45, 2.75) is 6.92 Å². The first kappa shape index (κ1) is 12.2. The van der Waals surface area contributed by atoms with Gasteiger partial charge in [-0.3, -0.25) is 9.20 Å². The van der Waals surface area contributed by atoms with Crippen LogP contribution >= 0.6 is 0 Å². The lowest BCUT2D eigenvalue weighted by Gasteiger charge is -2.05. The molecule has 100 valence electrons. The molecule has 3 aromatic rings. The Morgan fingerprint density at radius 1 is 1.20 bits per heavy atom. The van der Waals surface area contributed by atoms with Crippen LogP contribution in [-0.2, 0) is 4.79 Å². The minimum Gasteiger partial charge on any atom is -0.508 e. The molecule has 0 radical (unpaired) electrons. The third-order valence-electron chi connectivity index (χ3n) is 2.86. The second kappa shape index (κ2) is 4.65. The van der Waals surface area contributed by atoms with Gasteiger partial charge in [0, 0.05) is 12.5 Å². The molecule has 2 aromatic heterocycles. The van der Waals surface area contributed by atoms with Gasteiger partial charge in [-0.05, 0) is 24.3 Å². The van der Waals surface area contributed by atoms with Crippen LogP contribution in [0.2, 0.25) is 0 Å². The van der Waals surface area contributed by atoms with Crippen molar-refractivity contribution in [3.63, 3.8) is 0 Å². The molecule has 0 atom stereocenters. The van der Waals surface area contributed by atoms with Crippen LogP contribution in [0.4, 0.5) is 5.82 Å². The Balaban J connectivity index is 2.11. The number of aromatic nitrogens is 3. The summed E-state index contributed by atoms with van der Waals surface area (Å²) in [4.78, 5) is 19.5. The maximum atomic E-state index is 11.1. The van der Waals surface area contributed by atoms with Crippen molar-refractivity contribution < 1.29 is 9.90 Å². The van der Waals surface area contributed by atoms with E-state index in [0.29, 0.717) is 11.5 Å². The highest BCUT2D eigenvalue weighted by molar-refractivity contribution is 5.87. The molecule has 6 heteroatoms. The summed E-state index contributed by atoms with van der Waals surface area (Å²) in [6.45, 7) is 1.43. The average molecular weight is 268 g/mol. The number of fused-ring (bicyclic) bond motifs is 1. The molecule has 0 unspecified atom stereocenters. The molecule has 3 rings (SSSR count). The van der Waals surface area contributed by atoms with E-state index in [0.717, 1.165) is 11.3 Å². The zero-order chi connectivity index (χ0) is 14.1. The van der Waals surface area contributed by atoms with E-state index < -0.39 is 0 Å². The first-order valence-electron chi connectivity index (χ1n) is 6.03. The Labute approximate surface area is 114 Å². The first-order valence-corrected chi connectivity index (χ1v) is 6.03. The van der Waals surface area contributed by atoms with Crippen LogP contribution in [0.1, 0.15) is 6.92 Å². The summed E-state index contributed by atoms with van der Waals surface area (Å²) in [6.07, 6.45) is 5.03. The summed E-state index contributed by atoms with van der Waals surface area (Å²) in [5.74, 6) is 0.495. The molecule has 0 bridgehead atoms. The summed E-state index contributed by atoms with van der Waals surface area (Å²) >= 11 is 0.